The molecule has 0 radical (unpaired) electrons. The molecule has 1 aliphatic heterocycles. The van der Waals surface area contributed by atoms with Gasteiger partial charge in [-0.15, -0.1) is 0 Å². The van der Waals surface area contributed by atoms with Crippen molar-refractivity contribution in [2.75, 3.05) is 18.1 Å². The van der Waals surface area contributed by atoms with E-state index < -0.39 is 0 Å². The summed E-state index contributed by atoms with van der Waals surface area (Å²) >= 11 is 0. The molecule has 0 fully saturated rings. The smallest absolute Gasteiger partial charge is 0.231 e. The third kappa shape index (κ3) is 3.23. The van der Waals surface area contributed by atoms with Crippen LogP contribution in [0.4, 0.5) is 10.1 Å². The first-order valence-electron chi connectivity index (χ1n) is 7.37. The molecule has 0 saturated carbocycles. The Morgan fingerprint density at radius 2 is 1.91 bits per heavy atom. The second-order valence-electron chi connectivity index (χ2n) is 5.44. The molecule has 5 heteroatoms. The Balaban J connectivity index is 1.86. The number of ether oxygens (including phenoxy) is 1. The van der Waals surface area contributed by atoms with Crippen molar-refractivity contribution in [1.29, 1.82) is 0 Å². The van der Waals surface area contributed by atoms with Gasteiger partial charge in [-0.3, -0.25) is 9.59 Å². The molecule has 23 heavy (non-hydrogen) atoms. The summed E-state index contributed by atoms with van der Waals surface area (Å²) in [6.45, 7) is 2.31. The Labute approximate surface area is 133 Å². The number of amides is 1. The predicted molar refractivity (Wildman–Crippen MR) is 84.4 cm³/mol. The van der Waals surface area contributed by atoms with E-state index in [-0.39, 0.29) is 23.9 Å². The summed E-state index contributed by atoms with van der Waals surface area (Å²) in [5.41, 5.74) is 1.89. The summed E-state index contributed by atoms with van der Waals surface area (Å²) in [6, 6.07) is 11.0. The van der Waals surface area contributed by atoms with Crippen LogP contribution in [0.2, 0.25) is 0 Å². The molecule has 118 valence electrons. The summed E-state index contributed by atoms with van der Waals surface area (Å²) < 4.78 is 18.5. The quantitative estimate of drug-likeness (QED) is 0.818. The molecule has 0 saturated heterocycles. The number of carbonyl (C=O) groups is 2. The molecule has 0 bridgehead atoms. The highest BCUT2D eigenvalue weighted by Crippen LogP contribution is 2.33. The van der Waals surface area contributed by atoms with Crippen LogP contribution in [0.3, 0.4) is 0 Å². The highest BCUT2D eigenvalue weighted by Gasteiger charge is 2.24. The third-order valence-electron chi connectivity index (χ3n) is 3.80. The van der Waals surface area contributed by atoms with Gasteiger partial charge < -0.3 is 9.64 Å². The number of nitrogens with zero attached hydrogens (tertiary/aromatic N) is 1. The molecular weight excluding hydrogens is 297 g/mol. The fourth-order valence-electron chi connectivity index (χ4n) is 2.57. The molecule has 0 aliphatic carbocycles. The number of ketones is 1. The number of hydrogen-bond donors (Lipinski definition) is 0. The predicted octanol–water partition coefficient (Wildman–Crippen LogP) is 3.00. The summed E-state index contributed by atoms with van der Waals surface area (Å²) in [7, 11) is 0. The van der Waals surface area contributed by atoms with E-state index in [2.05, 4.69) is 0 Å². The van der Waals surface area contributed by atoms with E-state index in [0.29, 0.717) is 30.2 Å². The number of benzene rings is 2. The molecule has 0 atom stereocenters. The lowest BCUT2D eigenvalue weighted by molar-refractivity contribution is -0.118. The van der Waals surface area contributed by atoms with Crippen molar-refractivity contribution in [3.63, 3.8) is 0 Å². The van der Waals surface area contributed by atoms with Crippen LogP contribution in [-0.2, 0) is 11.2 Å². The zero-order chi connectivity index (χ0) is 16.4. The summed E-state index contributed by atoms with van der Waals surface area (Å²) in [6.07, 6.45) is 0.171. The maximum Gasteiger partial charge on any atom is 0.231 e. The van der Waals surface area contributed by atoms with Gasteiger partial charge in [-0.05, 0) is 42.8 Å². The summed E-state index contributed by atoms with van der Waals surface area (Å²) in [4.78, 5) is 25.8. The van der Waals surface area contributed by atoms with Gasteiger partial charge >= 0.3 is 0 Å². The van der Waals surface area contributed by atoms with Crippen molar-refractivity contribution in [1.82, 2.24) is 0 Å². The van der Waals surface area contributed by atoms with Gasteiger partial charge in [0.15, 0.2) is 5.78 Å². The van der Waals surface area contributed by atoms with E-state index >= 15 is 0 Å². The number of halogens is 1. The fraction of sp³-hybridized carbons (Fsp3) is 0.222. The lowest BCUT2D eigenvalue weighted by atomic mass is 10.1. The lowest BCUT2D eigenvalue weighted by Gasteiger charge is -2.30. The molecular formula is C18H16FNO3. The number of fused-ring (bicyclic) bond motifs is 1. The van der Waals surface area contributed by atoms with Crippen LogP contribution in [0.15, 0.2) is 42.5 Å². The molecule has 0 aromatic heterocycles. The van der Waals surface area contributed by atoms with Crippen molar-refractivity contribution < 1.29 is 18.7 Å². The molecule has 3 rings (SSSR count). The first-order chi connectivity index (χ1) is 11.0. The monoisotopic (exact) mass is 313 g/mol. The van der Waals surface area contributed by atoms with E-state index in [9.17, 15) is 14.0 Å². The minimum absolute atomic E-state index is 0.0655. The highest BCUT2D eigenvalue weighted by molar-refractivity contribution is 6.00. The average molecular weight is 313 g/mol. The molecule has 2 aromatic carbocycles. The Bertz CT molecular complexity index is 755. The minimum atomic E-state index is -0.330. The molecule has 1 amide bonds. The maximum atomic E-state index is 13.0. The van der Waals surface area contributed by atoms with Gasteiger partial charge in [0.25, 0.3) is 0 Å². The SMILES string of the molecule is CC(=O)c1ccc2c(c1)N(C(=O)Cc1ccc(F)cc1)CCO2. The van der Waals surface area contributed by atoms with Crippen molar-refractivity contribution >= 4 is 17.4 Å². The van der Waals surface area contributed by atoms with E-state index in [1.165, 1.54) is 19.1 Å². The van der Waals surface area contributed by atoms with Crippen LogP contribution < -0.4 is 9.64 Å². The fourth-order valence-corrected chi connectivity index (χ4v) is 2.57. The number of rotatable bonds is 3. The van der Waals surface area contributed by atoms with Crippen LogP contribution in [0.1, 0.15) is 22.8 Å². The van der Waals surface area contributed by atoms with E-state index in [4.69, 9.17) is 4.74 Å². The Morgan fingerprint density at radius 3 is 2.61 bits per heavy atom. The van der Waals surface area contributed by atoms with Crippen LogP contribution in [0, 0.1) is 5.82 Å². The number of Topliss-reactive ketones (excluding diaryl/α,β-unsaturated/α-hetero) is 1. The van der Waals surface area contributed by atoms with E-state index in [1.54, 1.807) is 35.2 Å². The molecule has 2 aromatic rings. The van der Waals surface area contributed by atoms with Crippen LogP contribution in [0.5, 0.6) is 5.75 Å². The zero-order valence-electron chi connectivity index (χ0n) is 12.7. The second-order valence-corrected chi connectivity index (χ2v) is 5.44. The van der Waals surface area contributed by atoms with Crippen molar-refractivity contribution in [3.8, 4) is 5.75 Å². The number of carbonyl (C=O) groups excluding carboxylic acids is 2. The zero-order valence-corrected chi connectivity index (χ0v) is 12.7. The summed E-state index contributed by atoms with van der Waals surface area (Å²) in [5, 5.41) is 0. The van der Waals surface area contributed by atoms with Gasteiger partial charge in [-0.1, -0.05) is 12.1 Å². The van der Waals surface area contributed by atoms with Crippen molar-refractivity contribution in [2.45, 2.75) is 13.3 Å². The molecule has 4 nitrogen and oxygen atoms in total. The number of anilines is 1. The largest absolute Gasteiger partial charge is 0.490 e. The van der Waals surface area contributed by atoms with E-state index in [1.807, 2.05) is 0 Å². The van der Waals surface area contributed by atoms with Crippen molar-refractivity contribution in [3.05, 3.63) is 59.4 Å². The maximum absolute atomic E-state index is 13.0. The van der Waals surface area contributed by atoms with Gasteiger partial charge in [0, 0.05) is 5.56 Å². The van der Waals surface area contributed by atoms with Gasteiger partial charge in [-0.25, -0.2) is 4.39 Å². The molecule has 0 spiro atoms. The van der Waals surface area contributed by atoms with Crippen molar-refractivity contribution in [2.24, 2.45) is 0 Å². The first kappa shape index (κ1) is 15.2. The van der Waals surface area contributed by atoms with Gasteiger partial charge in [0.05, 0.1) is 18.7 Å². The molecule has 1 heterocycles. The second kappa shape index (κ2) is 6.20. The topological polar surface area (TPSA) is 46.6 Å². The van der Waals surface area contributed by atoms with Gasteiger partial charge in [0.1, 0.15) is 18.2 Å². The van der Waals surface area contributed by atoms with Crippen LogP contribution in [-0.4, -0.2) is 24.8 Å². The Kier molecular flexibility index (Phi) is 4.10. The Hall–Kier alpha value is -2.69. The standard InChI is InChI=1S/C18H16FNO3/c1-12(21)14-4-7-17-16(11-14)20(8-9-23-17)18(22)10-13-2-5-15(19)6-3-13/h2-7,11H,8-10H2,1H3. The van der Waals surface area contributed by atoms with Crippen LogP contribution in [0.25, 0.3) is 0 Å². The molecule has 0 N–H and O–H groups in total. The van der Waals surface area contributed by atoms with Crippen LogP contribution >= 0.6 is 0 Å². The minimum Gasteiger partial charge on any atom is -0.490 e. The van der Waals surface area contributed by atoms with E-state index in [0.717, 1.165) is 5.56 Å². The lowest BCUT2D eigenvalue weighted by Crippen LogP contribution is -2.39. The summed E-state index contributed by atoms with van der Waals surface area (Å²) in [5.74, 6) is 0.0869. The Morgan fingerprint density at radius 1 is 1.17 bits per heavy atom. The molecule has 1 aliphatic rings. The average Bonchev–Trinajstić information content (AvgIpc) is 2.55. The highest BCUT2D eigenvalue weighted by atomic mass is 19.1. The van der Waals surface area contributed by atoms with Gasteiger partial charge in [-0.2, -0.15) is 0 Å². The normalized spacial score (nSPS) is 13.2. The number of hydrogen-bond acceptors (Lipinski definition) is 3. The van der Waals surface area contributed by atoms with Gasteiger partial charge in [0.2, 0.25) is 5.91 Å². The first-order valence-corrected chi connectivity index (χ1v) is 7.37. The third-order valence-corrected chi connectivity index (χ3v) is 3.80. The molecule has 0 unspecified atom stereocenters.